The van der Waals surface area contributed by atoms with Gasteiger partial charge in [0.05, 0.1) is 4.92 Å². The second kappa shape index (κ2) is 8.45. The average Bonchev–Trinajstić information content (AvgIpc) is 2.65. The van der Waals surface area contributed by atoms with Crippen molar-refractivity contribution < 1.29 is 14.1 Å². The molecule has 6 nitrogen and oxygen atoms in total. The summed E-state index contributed by atoms with van der Waals surface area (Å²) in [6, 6.07) is 10.5. The van der Waals surface area contributed by atoms with Gasteiger partial charge in [-0.1, -0.05) is 23.7 Å². The first-order valence-corrected chi connectivity index (χ1v) is 9.02. The van der Waals surface area contributed by atoms with E-state index in [1.807, 2.05) is 0 Å². The molecule has 142 valence electrons. The molecule has 1 aliphatic rings. The molecule has 1 aliphatic heterocycles. The van der Waals surface area contributed by atoms with Gasteiger partial charge in [0.15, 0.2) is 0 Å². The van der Waals surface area contributed by atoms with E-state index in [1.165, 1.54) is 24.3 Å². The van der Waals surface area contributed by atoms with Crippen LogP contribution in [-0.4, -0.2) is 28.8 Å². The highest BCUT2D eigenvalue weighted by Gasteiger charge is 2.25. The van der Waals surface area contributed by atoms with E-state index < -0.39 is 4.92 Å². The standard InChI is InChI=1S/C19H19ClFN3O3/c20-15-5-4-14(18(21)10-15)12-23-8-6-13(7-9-23)19(25)22-16-2-1-3-17(11-16)24(26)27/h1-5,10-11,13H,6-9,12H2,(H,22,25). The van der Waals surface area contributed by atoms with E-state index in [2.05, 4.69) is 10.2 Å². The first-order valence-electron chi connectivity index (χ1n) is 8.64. The Morgan fingerprint density at radius 1 is 1.26 bits per heavy atom. The van der Waals surface area contributed by atoms with Gasteiger partial charge >= 0.3 is 0 Å². The lowest BCUT2D eigenvalue weighted by molar-refractivity contribution is -0.384. The molecule has 0 unspecified atom stereocenters. The molecule has 3 rings (SSSR count). The monoisotopic (exact) mass is 391 g/mol. The fourth-order valence-corrected chi connectivity index (χ4v) is 3.34. The first kappa shape index (κ1) is 19.3. The molecule has 8 heteroatoms. The Bertz CT molecular complexity index is 854. The minimum Gasteiger partial charge on any atom is -0.326 e. The zero-order chi connectivity index (χ0) is 19.4. The first-order chi connectivity index (χ1) is 12.9. The molecule has 1 amide bonds. The van der Waals surface area contributed by atoms with Gasteiger partial charge in [0, 0.05) is 40.9 Å². The Kier molecular flexibility index (Phi) is 6.03. The summed E-state index contributed by atoms with van der Waals surface area (Å²) in [5, 5.41) is 13.9. The van der Waals surface area contributed by atoms with Crippen molar-refractivity contribution in [2.24, 2.45) is 5.92 Å². The van der Waals surface area contributed by atoms with Gasteiger partial charge in [-0.05, 0) is 44.1 Å². The summed E-state index contributed by atoms with van der Waals surface area (Å²) < 4.78 is 13.9. The lowest BCUT2D eigenvalue weighted by Gasteiger charge is -2.31. The minimum atomic E-state index is -0.496. The Morgan fingerprint density at radius 3 is 2.67 bits per heavy atom. The van der Waals surface area contributed by atoms with Crippen molar-refractivity contribution in [1.29, 1.82) is 0 Å². The number of hydrogen-bond acceptors (Lipinski definition) is 4. The van der Waals surface area contributed by atoms with Crippen LogP contribution in [0.15, 0.2) is 42.5 Å². The number of hydrogen-bond donors (Lipinski definition) is 1. The fraction of sp³-hybridized carbons (Fsp3) is 0.316. The maximum atomic E-state index is 13.9. The van der Waals surface area contributed by atoms with Crippen LogP contribution < -0.4 is 5.32 Å². The van der Waals surface area contributed by atoms with Gasteiger partial charge < -0.3 is 5.32 Å². The molecule has 1 heterocycles. The maximum absolute atomic E-state index is 13.9. The largest absolute Gasteiger partial charge is 0.326 e. The van der Waals surface area contributed by atoms with E-state index >= 15 is 0 Å². The Morgan fingerprint density at radius 2 is 2.00 bits per heavy atom. The van der Waals surface area contributed by atoms with Crippen LogP contribution >= 0.6 is 11.6 Å². The number of likely N-dealkylation sites (tertiary alicyclic amines) is 1. The van der Waals surface area contributed by atoms with E-state index in [9.17, 15) is 19.3 Å². The van der Waals surface area contributed by atoms with Crippen LogP contribution in [-0.2, 0) is 11.3 Å². The van der Waals surface area contributed by atoms with Gasteiger partial charge in [-0.25, -0.2) is 4.39 Å². The van der Waals surface area contributed by atoms with Gasteiger partial charge in [0.1, 0.15) is 5.82 Å². The normalized spacial score (nSPS) is 15.5. The van der Waals surface area contributed by atoms with Crippen LogP contribution in [0.5, 0.6) is 0 Å². The van der Waals surface area contributed by atoms with Crippen LogP contribution in [0.1, 0.15) is 18.4 Å². The fourth-order valence-electron chi connectivity index (χ4n) is 3.19. The zero-order valence-corrected chi connectivity index (χ0v) is 15.3. The predicted molar refractivity (Wildman–Crippen MR) is 101 cm³/mol. The molecule has 27 heavy (non-hydrogen) atoms. The van der Waals surface area contributed by atoms with Crippen LogP contribution in [0.2, 0.25) is 5.02 Å². The number of benzene rings is 2. The van der Waals surface area contributed by atoms with Gasteiger partial charge in [0.2, 0.25) is 5.91 Å². The molecular weight excluding hydrogens is 373 g/mol. The highest BCUT2D eigenvalue weighted by Crippen LogP contribution is 2.24. The highest BCUT2D eigenvalue weighted by atomic mass is 35.5. The molecule has 1 saturated heterocycles. The number of nitrogens with zero attached hydrogens (tertiary/aromatic N) is 2. The molecule has 1 N–H and O–H groups in total. The average molecular weight is 392 g/mol. The predicted octanol–water partition coefficient (Wildman–Crippen LogP) is 4.24. The Hall–Kier alpha value is -2.51. The number of anilines is 1. The number of amides is 1. The Labute approximate surface area is 161 Å². The third kappa shape index (κ3) is 5.02. The Balaban J connectivity index is 1.53. The van der Waals surface area contributed by atoms with Gasteiger partial charge in [-0.2, -0.15) is 0 Å². The van der Waals surface area contributed by atoms with Crippen molar-refractivity contribution in [3.05, 3.63) is 69.0 Å². The summed E-state index contributed by atoms with van der Waals surface area (Å²) in [5.74, 6) is -0.642. The third-order valence-corrected chi connectivity index (χ3v) is 4.93. The number of carbonyl (C=O) groups is 1. The summed E-state index contributed by atoms with van der Waals surface area (Å²) in [6.07, 6.45) is 1.30. The van der Waals surface area contributed by atoms with Crippen molar-refractivity contribution in [2.45, 2.75) is 19.4 Å². The number of nitrogens with one attached hydrogen (secondary N) is 1. The van der Waals surface area contributed by atoms with Crippen LogP contribution in [0, 0.1) is 21.8 Å². The molecule has 2 aromatic rings. The number of rotatable bonds is 5. The van der Waals surface area contributed by atoms with E-state index in [0.717, 1.165) is 0 Å². The zero-order valence-electron chi connectivity index (χ0n) is 14.5. The van der Waals surface area contributed by atoms with Crippen molar-refractivity contribution in [2.75, 3.05) is 18.4 Å². The molecule has 0 bridgehead atoms. The summed E-state index contributed by atoms with van der Waals surface area (Å²) in [6.45, 7) is 1.83. The molecule has 0 spiro atoms. The van der Waals surface area contributed by atoms with E-state index in [4.69, 9.17) is 11.6 Å². The van der Waals surface area contributed by atoms with E-state index in [-0.39, 0.29) is 23.3 Å². The second-order valence-corrected chi connectivity index (χ2v) is 7.02. The number of nitro benzene ring substituents is 1. The lowest BCUT2D eigenvalue weighted by atomic mass is 9.95. The molecule has 1 fully saturated rings. The molecular formula is C19H19ClFN3O3. The summed E-state index contributed by atoms with van der Waals surface area (Å²) >= 11 is 5.77. The van der Waals surface area contributed by atoms with E-state index in [1.54, 1.807) is 18.2 Å². The van der Waals surface area contributed by atoms with E-state index in [0.29, 0.717) is 48.7 Å². The molecule has 0 saturated carbocycles. The van der Waals surface area contributed by atoms with Crippen molar-refractivity contribution >= 4 is 28.9 Å². The number of piperidine rings is 1. The lowest BCUT2D eigenvalue weighted by Crippen LogP contribution is -2.37. The topological polar surface area (TPSA) is 75.5 Å². The third-order valence-electron chi connectivity index (χ3n) is 4.69. The second-order valence-electron chi connectivity index (χ2n) is 6.58. The summed E-state index contributed by atoms with van der Waals surface area (Å²) in [4.78, 5) is 24.9. The number of carbonyl (C=O) groups excluding carboxylic acids is 1. The van der Waals surface area contributed by atoms with Crippen molar-refractivity contribution in [1.82, 2.24) is 4.90 Å². The van der Waals surface area contributed by atoms with Crippen molar-refractivity contribution in [3.63, 3.8) is 0 Å². The summed E-state index contributed by atoms with van der Waals surface area (Å²) in [7, 11) is 0. The number of halogens is 2. The van der Waals surface area contributed by atoms with Gasteiger partial charge in [-0.15, -0.1) is 0 Å². The molecule has 0 aliphatic carbocycles. The smallest absolute Gasteiger partial charge is 0.271 e. The molecule has 2 aromatic carbocycles. The quantitative estimate of drug-likeness (QED) is 0.611. The molecule has 0 radical (unpaired) electrons. The number of non-ortho nitro benzene ring substituents is 1. The summed E-state index contributed by atoms with van der Waals surface area (Å²) in [5.41, 5.74) is 0.936. The molecule has 0 atom stereocenters. The maximum Gasteiger partial charge on any atom is 0.271 e. The van der Waals surface area contributed by atoms with Crippen LogP contribution in [0.25, 0.3) is 0 Å². The highest BCUT2D eigenvalue weighted by molar-refractivity contribution is 6.30. The van der Waals surface area contributed by atoms with Gasteiger partial charge in [0.25, 0.3) is 5.69 Å². The van der Waals surface area contributed by atoms with Gasteiger partial charge in [-0.3, -0.25) is 19.8 Å². The van der Waals surface area contributed by atoms with Crippen molar-refractivity contribution in [3.8, 4) is 0 Å². The minimum absolute atomic E-state index is 0.0624. The molecule has 0 aromatic heterocycles. The number of nitro groups is 1. The SMILES string of the molecule is O=C(Nc1cccc([N+](=O)[O-])c1)C1CCN(Cc2ccc(Cl)cc2F)CC1. The van der Waals surface area contributed by atoms with Crippen LogP contribution in [0.3, 0.4) is 0 Å². The van der Waals surface area contributed by atoms with Crippen LogP contribution in [0.4, 0.5) is 15.8 Å².